The van der Waals surface area contributed by atoms with Crippen LogP contribution in [0.3, 0.4) is 0 Å². The summed E-state index contributed by atoms with van der Waals surface area (Å²) in [4.78, 5) is 36.8. The number of hydrogen-bond donors (Lipinski definition) is 0. The third-order valence-corrected chi connectivity index (χ3v) is 12.4. The molecule has 2 aromatic heterocycles. The second kappa shape index (κ2) is 14.8. The average Bonchev–Trinajstić information content (AvgIpc) is 3.44. The predicted octanol–water partition coefficient (Wildman–Crippen LogP) is 7.48. The van der Waals surface area contributed by atoms with Gasteiger partial charge in [-0.15, -0.1) is 0 Å². The van der Waals surface area contributed by atoms with Crippen molar-refractivity contribution in [1.82, 2.24) is 29.7 Å². The van der Waals surface area contributed by atoms with Crippen LogP contribution in [-0.2, 0) is 28.8 Å². The Morgan fingerprint density at radius 2 is 1.60 bits per heavy atom. The Hall–Kier alpha value is -4.35. The fraction of sp³-hybridized carbons (Fsp3) is 0.500. The van der Waals surface area contributed by atoms with E-state index in [1.165, 1.54) is 34.1 Å². The molecule has 2 aromatic carbocycles. The maximum absolute atomic E-state index is 14.0. The second-order valence-electron chi connectivity index (χ2n) is 15.6. The van der Waals surface area contributed by atoms with Crippen LogP contribution in [0.1, 0.15) is 64.5 Å². The van der Waals surface area contributed by atoms with E-state index in [0.717, 1.165) is 30.5 Å². The molecular formula is C38H37Cl2F6N7O4. The number of halogens is 8. The van der Waals surface area contributed by atoms with E-state index in [9.17, 15) is 35.9 Å². The molecule has 4 fully saturated rings. The molecule has 2 amide bonds. The van der Waals surface area contributed by atoms with Crippen LogP contribution in [0.2, 0.25) is 10.0 Å². The van der Waals surface area contributed by atoms with E-state index in [0.29, 0.717) is 41.9 Å². The standard InChI is InChI=1S/C38H37Cl2F6N7O4/c39-29-6-3-25(13-30(29)40)16-50(15-24-7-11-56-12-8-24)34-48-31(49-57-34)28-19-51(20-35(28)21-52(22-35)33(55)36(9-10-36)38(44,45)46)32(54)26-14-47-53(18-26)17-23-1-4-27(5-2-23)37(41,42)43/h1-6,13-14,18,24,28H,7-12,15-17,19-22H2. The minimum Gasteiger partial charge on any atom is -0.381 e. The van der Waals surface area contributed by atoms with E-state index in [1.54, 1.807) is 17.0 Å². The van der Waals surface area contributed by atoms with Gasteiger partial charge in [-0.1, -0.05) is 46.6 Å². The third-order valence-electron chi connectivity index (χ3n) is 11.6. The zero-order valence-corrected chi connectivity index (χ0v) is 31.8. The minimum atomic E-state index is -4.67. The summed E-state index contributed by atoms with van der Waals surface area (Å²) in [5, 5.41) is 9.41. The quantitative estimate of drug-likeness (QED) is 0.151. The van der Waals surface area contributed by atoms with Gasteiger partial charge in [-0.3, -0.25) is 14.3 Å². The lowest BCUT2D eigenvalue weighted by molar-refractivity contribution is -0.204. The van der Waals surface area contributed by atoms with E-state index in [2.05, 4.69) is 10.3 Å². The van der Waals surface area contributed by atoms with Crippen LogP contribution >= 0.6 is 23.2 Å². The molecule has 1 saturated carbocycles. The number of anilines is 1. The average molecular weight is 841 g/mol. The molecule has 3 saturated heterocycles. The van der Waals surface area contributed by atoms with E-state index in [1.807, 2.05) is 11.0 Å². The zero-order chi connectivity index (χ0) is 40.3. The highest BCUT2D eigenvalue weighted by atomic mass is 35.5. The molecule has 304 valence electrons. The number of carbonyl (C=O) groups excluding carboxylic acids is 2. The predicted molar refractivity (Wildman–Crippen MR) is 194 cm³/mol. The van der Waals surface area contributed by atoms with Crippen LogP contribution in [0.25, 0.3) is 0 Å². The first-order valence-electron chi connectivity index (χ1n) is 18.5. The highest BCUT2D eigenvalue weighted by molar-refractivity contribution is 6.42. The van der Waals surface area contributed by atoms with Crippen molar-refractivity contribution in [2.75, 3.05) is 50.8 Å². The molecule has 19 heteroatoms. The molecule has 1 spiro atoms. The molecule has 4 aromatic rings. The molecule has 1 aliphatic carbocycles. The van der Waals surface area contributed by atoms with Crippen molar-refractivity contribution in [3.63, 3.8) is 0 Å². The number of alkyl halides is 6. The number of amides is 2. The monoisotopic (exact) mass is 839 g/mol. The molecule has 11 nitrogen and oxygen atoms in total. The number of hydrogen-bond acceptors (Lipinski definition) is 8. The van der Waals surface area contributed by atoms with Gasteiger partial charge < -0.3 is 24.0 Å². The summed E-state index contributed by atoms with van der Waals surface area (Å²) in [5.74, 6) is -1.46. The van der Waals surface area contributed by atoms with E-state index < -0.39 is 46.5 Å². The SMILES string of the molecule is O=C(c1cnn(Cc2ccc(C(F)(F)F)cc2)c1)N1CC(c2noc(N(Cc3ccc(Cl)c(Cl)c3)CC3CCOCC3)n2)C2(C1)CN(C(=O)C1(C(F)(F)F)CC1)C2. The van der Waals surface area contributed by atoms with E-state index in [-0.39, 0.29) is 68.9 Å². The molecule has 0 radical (unpaired) electrons. The molecule has 8 rings (SSSR count). The Morgan fingerprint density at radius 1 is 0.912 bits per heavy atom. The van der Waals surface area contributed by atoms with Crippen molar-refractivity contribution < 1.29 is 45.2 Å². The molecule has 4 aliphatic rings. The minimum absolute atomic E-state index is 0.0375. The number of carbonyl (C=O) groups is 2. The van der Waals surface area contributed by atoms with Gasteiger partial charge in [0.1, 0.15) is 5.41 Å². The zero-order valence-electron chi connectivity index (χ0n) is 30.3. The molecule has 1 atom stereocenters. The first-order valence-corrected chi connectivity index (χ1v) is 19.2. The topological polar surface area (TPSA) is 110 Å². The van der Waals surface area contributed by atoms with Gasteiger partial charge in [0.05, 0.1) is 39.8 Å². The van der Waals surface area contributed by atoms with Gasteiger partial charge >= 0.3 is 18.4 Å². The highest BCUT2D eigenvalue weighted by Crippen LogP contribution is 2.60. The molecule has 1 unspecified atom stereocenters. The molecule has 3 aliphatic heterocycles. The van der Waals surface area contributed by atoms with Gasteiger partial charge in [0.2, 0.25) is 5.91 Å². The molecule has 57 heavy (non-hydrogen) atoms. The fourth-order valence-electron chi connectivity index (χ4n) is 8.24. The number of aromatic nitrogens is 4. The van der Waals surface area contributed by atoms with Gasteiger partial charge in [-0.2, -0.15) is 36.4 Å². The van der Waals surface area contributed by atoms with Crippen LogP contribution < -0.4 is 4.90 Å². The number of likely N-dealkylation sites (tertiary alicyclic amines) is 2. The van der Waals surface area contributed by atoms with Gasteiger partial charge in [-0.25, -0.2) is 0 Å². The van der Waals surface area contributed by atoms with Gasteiger partial charge in [0, 0.05) is 64.1 Å². The van der Waals surface area contributed by atoms with E-state index in [4.69, 9.17) is 37.4 Å². The van der Waals surface area contributed by atoms with Crippen molar-refractivity contribution in [1.29, 1.82) is 0 Å². The summed E-state index contributed by atoms with van der Waals surface area (Å²) in [6, 6.07) is 10.1. The van der Waals surface area contributed by atoms with Gasteiger partial charge in [0.25, 0.3) is 5.91 Å². The summed E-state index contributed by atoms with van der Waals surface area (Å²) in [6.45, 7) is 2.37. The summed E-state index contributed by atoms with van der Waals surface area (Å²) >= 11 is 12.5. The van der Waals surface area contributed by atoms with Crippen molar-refractivity contribution in [2.24, 2.45) is 16.7 Å². The molecule has 5 heterocycles. The van der Waals surface area contributed by atoms with E-state index >= 15 is 0 Å². The van der Waals surface area contributed by atoms with Crippen molar-refractivity contribution in [3.05, 3.63) is 93.0 Å². The first-order chi connectivity index (χ1) is 27.0. The summed E-state index contributed by atoms with van der Waals surface area (Å²) in [7, 11) is 0. The molecular weight excluding hydrogens is 803 g/mol. The molecule has 0 N–H and O–H groups in total. The summed E-state index contributed by atoms with van der Waals surface area (Å²) in [6.07, 6.45) is -5.18. The Labute approximate surface area is 332 Å². The smallest absolute Gasteiger partial charge is 0.381 e. The maximum Gasteiger partial charge on any atom is 0.416 e. The number of rotatable bonds is 10. The number of ether oxygens (including phenoxy) is 1. The summed E-state index contributed by atoms with van der Waals surface area (Å²) in [5.41, 5.74) is -2.44. The lowest BCUT2D eigenvalue weighted by Gasteiger charge is -2.51. The Morgan fingerprint density at radius 3 is 2.25 bits per heavy atom. The largest absolute Gasteiger partial charge is 0.416 e. The second-order valence-corrected chi connectivity index (χ2v) is 16.4. The van der Waals surface area contributed by atoms with Crippen molar-refractivity contribution in [3.8, 4) is 0 Å². The van der Waals surface area contributed by atoms with Crippen molar-refractivity contribution in [2.45, 2.75) is 57.0 Å². The maximum atomic E-state index is 14.0. The first kappa shape index (κ1) is 39.5. The Kier molecular flexibility index (Phi) is 10.2. The Bertz CT molecular complexity index is 2130. The lowest BCUT2D eigenvalue weighted by atomic mass is 9.70. The fourth-order valence-corrected chi connectivity index (χ4v) is 8.56. The Balaban J connectivity index is 1.04. The number of nitrogens with zero attached hydrogens (tertiary/aromatic N) is 7. The van der Waals surface area contributed by atoms with Crippen LogP contribution in [0, 0.1) is 16.7 Å². The van der Waals surface area contributed by atoms with Crippen LogP contribution in [0.5, 0.6) is 0 Å². The van der Waals surface area contributed by atoms with Crippen molar-refractivity contribution >= 4 is 41.0 Å². The van der Waals surface area contributed by atoms with Gasteiger partial charge in [0.15, 0.2) is 5.82 Å². The van der Waals surface area contributed by atoms with Crippen LogP contribution in [-0.4, -0.2) is 93.6 Å². The normalized spacial score (nSPS) is 20.5. The van der Waals surface area contributed by atoms with Crippen LogP contribution in [0.15, 0.2) is 59.4 Å². The third kappa shape index (κ3) is 7.81. The highest BCUT2D eigenvalue weighted by Gasteiger charge is 2.71. The van der Waals surface area contributed by atoms with Gasteiger partial charge in [-0.05, 0) is 67.0 Å². The summed E-state index contributed by atoms with van der Waals surface area (Å²) < 4.78 is 93.9. The molecule has 0 bridgehead atoms. The van der Waals surface area contributed by atoms with Crippen LogP contribution in [0.4, 0.5) is 32.4 Å². The lowest BCUT2D eigenvalue weighted by Crippen LogP contribution is -2.64. The number of benzene rings is 2.